The maximum Gasteiger partial charge on any atom is 0.225 e. The third-order valence-corrected chi connectivity index (χ3v) is 3.80. The lowest BCUT2D eigenvalue weighted by molar-refractivity contribution is -0.115. The molecule has 2 aromatic rings. The molecule has 0 bridgehead atoms. The topological polar surface area (TPSA) is 38.3 Å². The Labute approximate surface area is 129 Å². The van der Waals surface area contributed by atoms with Crippen molar-refractivity contribution in [3.8, 4) is 5.75 Å². The van der Waals surface area contributed by atoms with Gasteiger partial charge in [0.2, 0.25) is 5.91 Å². The van der Waals surface area contributed by atoms with Gasteiger partial charge in [0, 0.05) is 22.8 Å². The SMILES string of the molecule is CCOc1ccc(NC(=O)CCSc2ccccc2)cc1. The van der Waals surface area contributed by atoms with Crippen LogP contribution in [0.15, 0.2) is 59.5 Å². The number of hydrogen-bond donors (Lipinski definition) is 1. The Bertz CT molecular complexity index is 555. The van der Waals surface area contributed by atoms with Crippen LogP contribution in [0.1, 0.15) is 13.3 Å². The molecule has 1 amide bonds. The molecule has 0 saturated heterocycles. The van der Waals surface area contributed by atoms with Crippen LogP contribution in [0.3, 0.4) is 0 Å². The Kier molecular flexibility index (Phi) is 6.16. The van der Waals surface area contributed by atoms with Gasteiger partial charge < -0.3 is 10.1 Å². The van der Waals surface area contributed by atoms with E-state index >= 15 is 0 Å². The van der Waals surface area contributed by atoms with Gasteiger partial charge in [0.15, 0.2) is 0 Å². The first-order valence-corrected chi connectivity index (χ1v) is 7.97. The molecule has 0 unspecified atom stereocenters. The Morgan fingerprint density at radius 2 is 1.81 bits per heavy atom. The summed E-state index contributed by atoms with van der Waals surface area (Å²) >= 11 is 1.69. The van der Waals surface area contributed by atoms with Gasteiger partial charge >= 0.3 is 0 Å². The Morgan fingerprint density at radius 1 is 1.10 bits per heavy atom. The van der Waals surface area contributed by atoms with Gasteiger partial charge in [-0.3, -0.25) is 4.79 Å². The molecule has 2 aromatic carbocycles. The molecule has 0 heterocycles. The molecular weight excluding hydrogens is 282 g/mol. The minimum Gasteiger partial charge on any atom is -0.494 e. The van der Waals surface area contributed by atoms with Gasteiger partial charge in [0.1, 0.15) is 5.75 Å². The van der Waals surface area contributed by atoms with Crippen LogP contribution in [0.5, 0.6) is 5.75 Å². The van der Waals surface area contributed by atoms with Crippen molar-refractivity contribution in [1.82, 2.24) is 0 Å². The summed E-state index contributed by atoms with van der Waals surface area (Å²) in [5, 5.41) is 2.89. The van der Waals surface area contributed by atoms with Crippen LogP contribution in [0.2, 0.25) is 0 Å². The minimum absolute atomic E-state index is 0.0302. The molecule has 0 aliphatic rings. The number of thioether (sulfide) groups is 1. The van der Waals surface area contributed by atoms with Crippen LogP contribution < -0.4 is 10.1 Å². The van der Waals surface area contributed by atoms with E-state index in [0.717, 1.165) is 17.2 Å². The van der Waals surface area contributed by atoms with Crippen LogP contribution >= 0.6 is 11.8 Å². The van der Waals surface area contributed by atoms with E-state index in [-0.39, 0.29) is 5.91 Å². The van der Waals surface area contributed by atoms with Crippen LogP contribution in [0.25, 0.3) is 0 Å². The molecule has 3 nitrogen and oxygen atoms in total. The molecule has 0 spiro atoms. The fourth-order valence-electron chi connectivity index (χ4n) is 1.80. The number of amides is 1. The van der Waals surface area contributed by atoms with Crippen molar-refractivity contribution >= 4 is 23.4 Å². The largest absolute Gasteiger partial charge is 0.494 e. The average Bonchev–Trinajstić information content (AvgIpc) is 2.51. The number of ether oxygens (including phenoxy) is 1. The smallest absolute Gasteiger partial charge is 0.225 e. The first kappa shape index (κ1) is 15.4. The number of anilines is 1. The van der Waals surface area contributed by atoms with Crippen molar-refractivity contribution in [3.05, 3.63) is 54.6 Å². The van der Waals surface area contributed by atoms with E-state index in [4.69, 9.17) is 4.74 Å². The number of benzene rings is 2. The highest BCUT2D eigenvalue weighted by Crippen LogP contribution is 2.19. The van der Waals surface area contributed by atoms with Crippen LogP contribution in [0, 0.1) is 0 Å². The first-order valence-electron chi connectivity index (χ1n) is 6.98. The minimum atomic E-state index is 0.0302. The lowest BCUT2D eigenvalue weighted by Crippen LogP contribution is -2.12. The summed E-state index contributed by atoms with van der Waals surface area (Å²) in [5.41, 5.74) is 0.799. The molecule has 0 saturated carbocycles. The van der Waals surface area contributed by atoms with Gasteiger partial charge in [-0.05, 0) is 43.3 Å². The lowest BCUT2D eigenvalue weighted by atomic mass is 10.3. The van der Waals surface area contributed by atoms with Crippen LogP contribution in [-0.4, -0.2) is 18.3 Å². The molecule has 0 aliphatic heterocycles. The van der Waals surface area contributed by atoms with Crippen molar-refractivity contribution in [3.63, 3.8) is 0 Å². The lowest BCUT2D eigenvalue weighted by Gasteiger charge is -2.07. The summed E-state index contributed by atoms with van der Waals surface area (Å²) in [4.78, 5) is 13.0. The van der Waals surface area contributed by atoms with E-state index in [0.29, 0.717) is 13.0 Å². The highest BCUT2D eigenvalue weighted by molar-refractivity contribution is 7.99. The third kappa shape index (κ3) is 5.52. The zero-order chi connectivity index (χ0) is 14.9. The number of hydrogen-bond acceptors (Lipinski definition) is 3. The summed E-state index contributed by atoms with van der Waals surface area (Å²) in [6.07, 6.45) is 0.493. The van der Waals surface area contributed by atoms with Crippen molar-refractivity contribution in [1.29, 1.82) is 0 Å². The quantitative estimate of drug-likeness (QED) is 0.779. The van der Waals surface area contributed by atoms with E-state index in [2.05, 4.69) is 17.4 Å². The normalized spacial score (nSPS) is 10.1. The maximum atomic E-state index is 11.9. The summed E-state index contributed by atoms with van der Waals surface area (Å²) in [5.74, 6) is 1.62. The zero-order valence-electron chi connectivity index (χ0n) is 12.0. The molecule has 0 aliphatic carbocycles. The molecule has 1 N–H and O–H groups in total. The predicted octanol–water partition coefficient (Wildman–Crippen LogP) is 4.21. The standard InChI is InChI=1S/C17H19NO2S/c1-2-20-15-10-8-14(9-11-15)18-17(19)12-13-21-16-6-4-3-5-7-16/h3-11H,2,12-13H2,1H3,(H,18,19). The number of carbonyl (C=O) groups is 1. The van der Waals surface area contributed by atoms with Crippen LogP contribution in [0.4, 0.5) is 5.69 Å². The number of nitrogens with one attached hydrogen (secondary N) is 1. The maximum absolute atomic E-state index is 11.9. The van der Waals surface area contributed by atoms with Gasteiger partial charge in [0.05, 0.1) is 6.61 Å². The molecule has 21 heavy (non-hydrogen) atoms. The summed E-state index contributed by atoms with van der Waals surface area (Å²) in [6, 6.07) is 17.5. The molecule has 0 radical (unpaired) electrons. The average molecular weight is 301 g/mol. The summed E-state index contributed by atoms with van der Waals surface area (Å²) < 4.78 is 5.36. The van der Waals surface area contributed by atoms with Gasteiger partial charge in [-0.25, -0.2) is 0 Å². The first-order chi connectivity index (χ1) is 10.3. The van der Waals surface area contributed by atoms with E-state index in [9.17, 15) is 4.79 Å². The Balaban J connectivity index is 1.74. The summed E-state index contributed by atoms with van der Waals surface area (Å²) in [7, 11) is 0. The van der Waals surface area contributed by atoms with E-state index in [1.54, 1.807) is 11.8 Å². The van der Waals surface area contributed by atoms with E-state index < -0.39 is 0 Å². The van der Waals surface area contributed by atoms with Gasteiger partial charge in [0.25, 0.3) is 0 Å². The highest BCUT2D eigenvalue weighted by Gasteiger charge is 2.03. The fraction of sp³-hybridized carbons (Fsp3) is 0.235. The van der Waals surface area contributed by atoms with Crippen molar-refractivity contribution in [2.75, 3.05) is 17.7 Å². The Morgan fingerprint density at radius 3 is 2.48 bits per heavy atom. The molecule has 0 aromatic heterocycles. The van der Waals surface area contributed by atoms with Crippen molar-refractivity contribution in [2.24, 2.45) is 0 Å². The van der Waals surface area contributed by atoms with Crippen molar-refractivity contribution < 1.29 is 9.53 Å². The molecule has 2 rings (SSSR count). The molecule has 4 heteroatoms. The second kappa shape index (κ2) is 8.37. The highest BCUT2D eigenvalue weighted by atomic mass is 32.2. The van der Waals surface area contributed by atoms with Crippen molar-refractivity contribution in [2.45, 2.75) is 18.2 Å². The Hall–Kier alpha value is -1.94. The van der Waals surface area contributed by atoms with Gasteiger partial charge in [-0.2, -0.15) is 0 Å². The van der Waals surface area contributed by atoms with E-state index in [1.165, 1.54) is 4.90 Å². The summed E-state index contributed by atoms with van der Waals surface area (Å²) in [6.45, 7) is 2.59. The zero-order valence-corrected chi connectivity index (χ0v) is 12.9. The number of rotatable bonds is 7. The van der Waals surface area contributed by atoms with Crippen LogP contribution in [-0.2, 0) is 4.79 Å². The van der Waals surface area contributed by atoms with Gasteiger partial charge in [-0.1, -0.05) is 18.2 Å². The second-order valence-electron chi connectivity index (χ2n) is 4.42. The fourth-order valence-corrected chi connectivity index (χ4v) is 2.68. The second-order valence-corrected chi connectivity index (χ2v) is 5.59. The monoisotopic (exact) mass is 301 g/mol. The number of carbonyl (C=O) groups excluding carboxylic acids is 1. The molecule has 0 fully saturated rings. The molecular formula is C17H19NO2S. The molecule has 110 valence electrons. The predicted molar refractivity (Wildman–Crippen MR) is 88.0 cm³/mol. The third-order valence-electron chi connectivity index (χ3n) is 2.79. The van der Waals surface area contributed by atoms with Gasteiger partial charge in [-0.15, -0.1) is 11.8 Å². The molecule has 0 atom stereocenters. The van der Waals surface area contributed by atoms with E-state index in [1.807, 2.05) is 49.4 Å².